The first-order valence-electron chi connectivity index (χ1n) is 6.58. The summed E-state index contributed by atoms with van der Waals surface area (Å²) in [7, 11) is 0. The van der Waals surface area contributed by atoms with Crippen molar-refractivity contribution < 1.29 is 46.2 Å². The second-order valence-electron chi connectivity index (χ2n) is 4.44. The van der Waals surface area contributed by atoms with Crippen LogP contribution in [0.4, 0.5) is 26.7 Å². The highest BCUT2D eigenvalue weighted by atomic mass is 19.2. The number of rotatable bonds is 8. The van der Waals surface area contributed by atoms with Crippen molar-refractivity contribution >= 4 is 12.1 Å². The second-order valence-corrected chi connectivity index (χ2v) is 4.44. The van der Waals surface area contributed by atoms with Crippen LogP contribution in [0.3, 0.4) is 0 Å². The summed E-state index contributed by atoms with van der Waals surface area (Å²) in [6.07, 6.45) is -0.818. The molecule has 0 atom stereocenters. The number of hydrogen-bond donors (Lipinski definition) is 2. The smallest absolute Gasteiger partial charge is 0.428 e. The number of hydroxylamine groups is 1. The van der Waals surface area contributed by atoms with Crippen molar-refractivity contribution in [2.45, 2.75) is 25.7 Å². The summed E-state index contributed by atoms with van der Waals surface area (Å²) in [6.45, 7) is 0.0268. The van der Waals surface area contributed by atoms with Crippen molar-refractivity contribution in [1.82, 2.24) is 5.48 Å². The van der Waals surface area contributed by atoms with Gasteiger partial charge in [-0.2, -0.15) is 14.3 Å². The minimum atomic E-state index is -2.35. The molecular formula is C13H12F5NO5. The van der Waals surface area contributed by atoms with Gasteiger partial charge in [-0.1, -0.05) is 6.42 Å². The fourth-order valence-corrected chi connectivity index (χ4v) is 1.57. The molecule has 0 bridgehead atoms. The third-order valence-corrected chi connectivity index (χ3v) is 2.67. The number of carbonyl (C=O) groups is 2. The molecule has 0 saturated carbocycles. The van der Waals surface area contributed by atoms with Gasteiger partial charge in [-0.3, -0.25) is 9.63 Å². The van der Waals surface area contributed by atoms with E-state index < -0.39 is 46.9 Å². The molecular weight excluding hydrogens is 345 g/mol. The molecule has 0 saturated heterocycles. The van der Waals surface area contributed by atoms with E-state index in [1.165, 1.54) is 0 Å². The van der Waals surface area contributed by atoms with Crippen molar-refractivity contribution in [3.63, 3.8) is 0 Å². The highest BCUT2D eigenvalue weighted by molar-refractivity contribution is 5.72. The molecule has 1 aromatic carbocycles. The maximum Gasteiger partial charge on any atom is 0.428 e. The molecule has 24 heavy (non-hydrogen) atoms. The molecule has 1 rings (SSSR count). The van der Waals surface area contributed by atoms with Crippen molar-refractivity contribution in [1.29, 1.82) is 0 Å². The molecule has 6 nitrogen and oxygen atoms in total. The Labute approximate surface area is 132 Å². The van der Waals surface area contributed by atoms with Crippen LogP contribution in [-0.2, 0) is 9.63 Å². The molecule has 0 spiro atoms. The SMILES string of the molecule is O=C(O)NOCCCCCC(=O)Oc1c(F)c(F)c(F)c(F)c1F. The quantitative estimate of drug-likeness (QED) is 0.142. The first-order chi connectivity index (χ1) is 11.3. The average Bonchev–Trinajstić information content (AvgIpc) is 2.54. The van der Waals surface area contributed by atoms with Crippen molar-refractivity contribution in [2.75, 3.05) is 6.61 Å². The number of amides is 1. The molecule has 134 valence electrons. The molecule has 11 heteroatoms. The maximum atomic E-state index is 13.3. The number of ether oxygens (including phenoxy) is 1. The zero-order valence-electron chi connectivity index (χ0n) is 12.0. The maximum absolute atomic E-state index is 13.3. The number of nitrogens with one attached hydrogen (secondary N) is 1. The van der Waals surface area contributed by atoms with E-state index in [2.05, 4.69) is 9.57 Å². The van der Waals surface area contributed by atoms with Gasteiger partial charge in [0.25, 0.3) is 0 Å². The highest BCUT2D eigenvalue weighted by Gasteiger charge is 2.28. The number of esters is 1. The van der Waals surface area contributed by atoms with E-state index in [4.69, 9.17) is 5.11 Å². The van der Waals surface area contributed by atoms with E-state index in [1.54, 1.807) is 5.48 Å². The monoisotopic (exact) mass is 357 g/mol. The largest absolute Gasteiger partial charge is 0.464 e. The van der Waals surface area contributed by atoms with Gasteiger partial charge in [-0.05, 0) is 12.8 Å². The summed E-state index contributed by atoms with van der Waals surface area (Å²) in [6, 6.07) is 0. The molecule has 0 aliphatic heterocycles. The number of benzene rings is 1. The van der Waals surface area contributed by atoms with Gasteiger partial charge in [0.1, 0.15) is 0 Å². The zero-order valence-corrected chi connectivity index (χ0v) is 12.0. The summed E-state index contributed by atoms with van der Waals surface area (Å²) < 4.78 is 69.4. The Kier molecular flexibility index (Phi) is 7.36. The average molecular weight is 357 g/mol. The molecule has 2 N–H and O–H groups in total. The van der Waals surface area contributed by atoms with Crippen LogP contribution in [0.1, 0.15) is 25.7 Å². The molecule has 1 amide bonds. The van der Waals surface area contributed by atoms with Gasteiger partial charge in [0.05, 0.1) is 6.61 Å². The summed E-state index contributed by atoms with van der Waals surface area (Å²) in [5.74, 6) is -14.0. The van der Waals surface area contributed by atoms with Gasteiger partial charge < -0.3 is 9.84 Å². The number of hydrogen-bond acceptors (Lipinski definition) is 4. The lowest BCUT2D eigenvalue weighted by Gasteiger charge is -2.08. The summed E-state index contributed by atoms with van der Waals surface area (Å²) in [4.78, 5) is 25.9. The Balaban J connectivity index is 2.45. The molecule has 0 aliphatic carbocycles. The fraction of sp³-hybridized carbons (Fsp3) is 0.385. The van der Waals surface area contributed by atoms with Gasteiger partial charge in [-0.25, -0.2) is 18.0 Å². The predicted molar refractivity (Wildman–Crippen MR) is 67.4 cm³/mol. The molecule has 0 fully saturated rings. The third-order valence-electron chi connectivity index (χ3n) is 2.67. The lowest BCUT2D eigenvalue weighted by atomic mass is 10.2. The Bertz CT molecular complexity index is 596. The van der Waals surface area contributed by atoms with Crippen LogP contribution in [0.2, 0.25) is 0 Å². The molecule has 0 unspecified atom stereocenters. The topological polar surface area (TPSA) is 84.9 Å². The van der Waals surface area contributed by atoms with E-state index in [9.17, 15) is 31.5 Å². The standard InChI is InChI=1S/C13H12F5NO5/c14-7-8(15)10(17)12(11(18)9(7)16)24-6(20)4-2-1-3-5-23-19-13(21)22/h19H,1-5H2,(H,21,22). The minimum absolute atomic E-state index is 0.0268. The van der Waals surface area contributed by atoms with Crippen LogP contribution in [0.5, 0.6) is 5.75 Å². The zero-order chi connectivity index (χ0) is 18.3. The van der Waals surface area contributed by atoms with E-state index in [0.717, 1.165) is 0 Å². The first kappa shape index (κ1) is 19.6. The minimum Gasteiger partial charge on any atom is -0.464 e. The Hall–Kier alpha value is -2.43. The lowest BCUT2D eigenvalue weighted by molar-refractivity contribution is -0.135. The van der Waals surface area contributed by atoms with Crippen LogP contribution >= 0.6 is 0 Å². The Morgan fingerprint density at radius 2 is 1.42 bits per heavy atom. The normalized spacial score (nSPS) is 10.5. The van der Waals surface area contributed by atoms with Crippen molar-refractivity contribution in [3.8, 4) is 5.75 Å². The lowest BCUT2D eigenvalue weighted by Crippen LogP contribution is -2.21. The van der Waals surface area contributed by atoms with E-state index in [0.29, 0.717) is 12.8 Å². The second kappa shape index (κ2) is 9.01. The number of carbonyl (C=O) groups excluding carboxylic acids is 1. The Morgan fingerprint density at radius 3 is 1.96 bits per heavy atom. The predicted octanol–water partition coefficient (Wildman–Crippen LogP) is 3.05. The first-order valence-corrected chi connectivity index (χ1v) is 6.58. The highest BCUT2D eigenvalue weighted by Crippen LogP contribution is 2.29. The summed E-state index contributed by atoms with van der Waals surface area (Å²) >= 11 is 0. The number of halogens is 5. The van der Waals surface area contributed by atoms with Crippen LogP contribution in [0.15, 0.2) is 0 Å². The fourth-order valence-electron chi connectivity index (χ4n) is 1.57. The van der Waals surface area contributed by atoms with Crippen LogP contribution in [0.25, 0.3) is 0 Å². The van der Waals surface area contributed by atoms with Crippen molar-refractivity contribution in [3.05, 3.63) is 29.1 Å². The Morgan fingerprint density at radius 1 is 0.875 bits per heavy atom. The van der Waals surface area contributed by atoms with Gasteiger partial charge in [0.15, 0.2) is 0 Å². The van der Waals surface area contributed by atoms with Crippen LogP contribution in [0, 0.1) is 29.1 Å². The van der Waals surface area contributed by atoms with Crippen LogP contribution < -0.4 is 10.2 Å². The van der Waals surface area contributed by atoms with Crippen molar-refractivity contribution in [2.24, 2.45) is 0 Å². The molecule has 0 heterocycles. The van der Waals surface area contributed by atoms with Crippen LogP contribution in [-0.4, -0.2) is 23.8 Å². The summed E-state index contributed by atoms with van der Waals surface area (Å²) in [5.41, 5.74) is 1.65. The molecule has 0 aromatic heterocycles. The van der Waals surface area contributed by atoms with Gasteiger partial charge in [0.2, 0.25) is 34.8 Å². The summed E-state index contributed by atoms with van der Waals surface area (Å²) in [5, 5.41) is 8.19. The van der Waals surface area contributed by atoms with Gasteiger partial charge in [-0.15, -0.1) is 0 Å². The van der Waals surface area contributed by atoms with E-state index >= 15 is 0 Å². The molecule has 0 aliphatic rings. The number of carboxylic acid groups (broad SMARTS) is 1. The van der Waals surface area contributed by atoms with Gasteiger partial charge in [0, 0.05) is 6.42 Å². The number of unbranched alkanes of at least 4 members (excludes halogenated alkanes) is 2. The van der Waals surface area contributed by atoms with Gasteiger partial charge >= 0.3 is 12.1 Å². The van der Waals surface area contributed by atoms with E-state index in [1.807, 2.05) is 0 Å². The molecule has 0 radical (unpaired) electrons. The van der Waals surface area contributed by atoms with E-state index in [-0.39, 0.29) is 19.4 Å². The third kappa shape index (κ3) is 5.33. The molecule has 1 aromatic rings.